The number of ether oxygens (including phenoxy) is 1. The van der Waals surface area contributed by atoms with Gasteiger partial charge in [-0.2, -0.15) is 0 Å². The van der Waals surface area contributed by atoms with E-state index in [-0.39, 0.29) is 12.3 Å². The Hall–Kier alpha value is -1.62. The van der Waals surface area contributed by atoms with E-state index in [9.17, 15) is 9.59 Å². The van der Waals surface area contributed by atoms with Gasteiger partial charge in [-0.1, -0.05) is 0 Å². The molecule has 0 unspecified atom stereocenters. The molecule has 0 spiro atoms. The largest absolute Gasteiger partial charge is 0.465 e. The summed E-state index contributed by atoms with van der Waals surface area (Å²) in [5.74, 6) is -0.750. The molecule has 88 valence electrons. The molecule has 1 aromatic rings. The fraction of sp³-hybridized carbons (Fsp3) is 0.455. The number of hydrogen-bond acceptors (Lipinski definition) is 4. The molecule has 0 saturated heterocycles. The minimum Gasteiger partial charge on any atom is -0.465 e. The molecule has 0 atom stereocenters. The molecule has 1 rings (SSSR count). The Morgan fingerprint density at radius 3 is 2.19 bits per heavy atom. The number of methoxy groups -OCH3 is 1. The molecule has 0 aliphatic heterocycles. The van der Waals surface area contributed by atoms with Crippen molar-refractivity contribution >= 4 is 11.8 Å². The Morgan fingerprint density at radius 1 is 1.25 bits per heavy atom. The van der Waals surface area contributed by atoms with Crippen LogP contribution < -0.4 is 5.73 Å². The normalized spacial score (nSPS) is 10.3. The lowest BCUT2D eigenvalue weighted by Gasteiger charge is -2.02. The van der Waals surface area contributed by atoms with Crippen molar-refractivity contribution in [3.8, 4) is 0 Å². The summed E-state index contributed by atoms with van der Waals surface area (Å²) in [6.45, 7) is 3.43. The standard InChI is InChI=1S/C11H16N2O3/c1-6-9(8(14)5-12)10(11(15)16-4)7(2)13(6)3/h5,12H2,1-4H3. The highest BCUT2D eigenvalue weighted by Gasteiger charge is 2.25. The molecular weight excluding hydrogens is 208 g/mol. The number of carbonyl (C=O) groups excluding carboxylic acids is 2. The monoisotopic (exact) mass is 224 g/mol. The third-order valence-electron chi connectivity index (χ3n) is 2.83. The van der Waals surface area contributed by atoms with Crippen molar-refractivity contribution in [3.05, 3.63) is 22.5 Å². The minimum absolute atomic E-state index is 0.117. The topological polar surface area (TPSA) is 74.3 Å². The first kappa shape index (κ1) is 12.4. The Labute approximate surface area is 94.2 Å². The number of rotatable bonds is 3. The van der Waals surface area contributed by atoms with E-state index < -0.39 is 5.97 Å². The van der Waals surface area contributed by atoms with E-state index in [2.05, 4.69) is 4.74 Å². The van der Waals surface area contributed by atoms with Crippen LogP contribution in [0.2, 0.25) is 0 Å². The van der Waals surface area contributed by atoms with Crippen molar-refractivity contribution in [1.82, 2.24) is 4.57 Å². The van der Waals surface area contributed by atoms with E-state index in [4.69, 9.17) is 5.73 Å². The smallest absolute Gasteiger partial charge is 0.340 e. The molecule has 5 nitrogen and oxygen atoms in total. The molecule has 1 heterocycles. The Kier molecular flexibility index (Phi) is 3.49. The lowest BCUT2D eigenvalue weighted by Crippen LogP contribution is -2.18. The Balaban J connectivity index is 3.51. The molecule has 5 heteroatoms. The van der Waals surface area contributed by atoms with Crippen LogP contribution in [-0.4, -0.2) is 30.0 Å². The van der Waals surface area contributed by atoms with Gasteiger partial charge >= 0.3 is 5.97 Å². The van der Waals surface area contributed by atoms with Crippen LogP contribution in [0.4, 0.5) is 0 Å². The second kappa shape index (κ2) is 4.49. The molecule has 0 radical (unpaired) electrons. The number of carbonyl (C=O) groups is 2. The average molecular weight is 224 g/mol. The number of hydrogen-bond donors (Lipinski definition) is 1. The summed E-state index contributed by atoms with van der Waals surface area (Å²) in [6.07, 6.45) is 0. The zero-order valence-corrected chi connectivity index (χ0v) is 9.96. The molecule has 2 N–H and O–H groups in total. The molecule has 0 aliphatic rings. The van der Waals surface area contributed by atoms with Crippen molar-refractivity contribution in [2.45, 2.75) is 13.8 Å². The second-order valence-corrected chi connectivity index (χ2v) is 3.60. The third kappa shape index (κ3) is 1.74. The predicted octanol–water partition coefficient (Wildman–Crippen LogP) is 0.570. The second-order valence-electron chi connectivity index (χ2n) is 3.60. The van der Waals surface area contributed by atoms with Gasteiger partial charge in [0.15, 0.2) is 5.78 Å². The number of nitrogens with two attached hydrogens (primary N) is 1. The average Bonchev–Trinajstić information content (AvgIpc) is 2.51. The van der Waals surface area contributed by atoms with Gasteiger partial charge in [-0.15, -0.1) is 0 Å². The van der Waals surface area contributed by atoms with Crippen LogP contribution >= 0.6 is 0 Å². The molecule has 0 bridgehead atoms. The summed E-state index contributed by atoms with van der Waals surface area (Å²) in [6, 6.07) is 0. The van der Waals surface area contributed by atoms with Gasteiger partial charge in [0.25, 0.3) is 0 Å². The van der Waals surface area contributed by atoms with Crippen LogP contribution in [0, 0.1) is 13.8 Å². The van der Waals surface area contributed by atoms with E-state index in [0.717, 1.165) is 5.69 Å². The maximum absolute atomic E-state index is 11.7. The molecule has 0 aromatic carbocycles. The number of aromatic nitrogens is 1. The third-order valence-corrected chi connectivity index (χ3v) is 2.83. The molecule has 0 fully saturated rings. The van der Waals surface area contributed by atoms with Crippen LogP contribution in [0.3, 0.4) is 0 Å². The molecular formula is C11H16N2O3. The zero-order valence-electron chi connectivity index (χ0n) is 9.96. The first-order chi connectivity index (χ1) is 7.45. The highest BCUT2D eigenvalue weighted by atomic mass is 16.5. The van der Waals surface area contributed by atoms with Crippen molar-refractivity contribution in [1.29, 1.82) is 0 Å². The number of Topliss-reactive ketones (excluding diaryl/α,β-unsaturated/α-hetero) is 1. The van der Waals surface area contributed by atoms with E-state index >= 15 is 0 Å². The van der Waals surface area contributed by atoms with Gasteiger partial charge in [-0.25, -0.2) is 4.79 Å². The molecule has 0 amide bonds. The highest BCUT2D eigenvalue weighted by Crippen LogP contribution is 2.22. The number of ketones is 1. The lowest BCUT2D eigenvalue weighted by atomic mass is 10.0. The van der Waals surface area contributed by atoms with Gasteiger partial charge in [0.1, 0.15) is 0 Å². The van der Waals surface area contributed by atoms with Crippen molar-refractivity contribution in [2.75, 3.05) is 13.7 Å². The SMILES string of the molecule is COC(=O)c1c(C(=O)CN)c(C)n(C)c1C. The van der Waals surface area contributed by atoms with E-state index in [0.29, 0.717) is 16.8 Å². The Morgan fingerprint density at radius 2 is 1.75 bits per heavy atom. The number of nitrogens with zero attached hydrogens (tertiary/aromatic N) is 1. The van der Waals surface area contributed by atoms with Gasteiger partial charge in [0, 0.05) is 18.4 Å². The molecule has 16 heavy (non-hydrogen) atoms. The van der Waals surface area contributed by atoms with E-state index in [1.54, 1.807) is 25.5 Å². The summed E-state index contributed by atoms with van der Waals surface area (Å²) < 4.78 is 6.46. The maximum atomic E-state index is 11.7. The molecule has 0 aliphatic carbocycles. The van der Waals surface area contributed by atoms with Crippen molar-refractivity contribution in [2.24, 2.45) is 12.8 Å². The first-order valence-electron chi connectivity index (χ1n) is 4.93. The summed E-state index contributed by atoms with van der Waals surface area (Å²) in [7, 11) is 3.09. The van der Waals surface area contributed by atoms with E-state index in [1.165, 1.54) is 7.11 Å². The molecule has 1 aromatic heterocycles. The predicted molar refractivity (Wildman–Crippen MR) is 59.6 cm³/mol. The van der Waals surface area contributed by atoms with Gasteiger partial charge in [-0.05, 0) is 13.8 Å². The van der Waals surface area contributed by atoms with Gasteiger partial charge in [0.05, 0.1) is 24.8 Å². The van der Waals surface area contributed by atoms with Gasteiger partial charge in [-0.3, -0.25) is 4.79 Å². The van der Waals surface area contributed by atoms with Crippen LogP contribution in [0.1, 0.15) is 32.1 Å². The zero-order chi connectivity index (χ0) is 12.5. The van der Waals surface area contributed by atoms with Crippen molar-refractivity contribution in [3.63, 3.8) is 0 Å². The summed E-state index contributed by atoms with van der Waals surface area (Å²) >= 11 is 0. The van der Waals surface area contributed by atoms with Crippen LogP contribution in [-0.2, 0) is 11.8 Å². The maximum Gasteiger partial charge on any atom is 0.340 e. The first-order valence-corrected chi connectivity index (χ1v) is 4.93. The summed E-state index contributed by atoms with van der Waals surface area (Å²) in [5, 5.41) is 0. The summed E-state index contributed by atoms with van der Waals surface area (Å²) in [5.41, 5.74) is 7.46. The Bertz CT molecular complexity index is 407. The number of esters is 1. The van der Waals surface area contributed by atoms with Gasteiger partial charge < -0.3 is 15.0 Å². The fourth-order valence-electron chi connectivity index (χ4n) is 1.74. The van der Waals surface area contributed by atoms with Crippen LogP contribution in [0.15, 0.2) is 0 Å². The molecule has 0 saturated carbocycles. The summed E-state index contributed by atoms with van der Waals surface area (Å²) in [4.78, 5) is 23.3. The van der Waals surface area contributed by atoms with Crippen LogP contribution in [0.5, 0.6) is 0 Å². The highest BCUT2D eigenvalue weighted by molar-refractivity contribution is 6.09. The quantitative estimate of drug-likeness (QED) is 0.601. The van der Waals surface area contributed by atoms with Crippen molar-refractivity contribution < 1.29 is 14.3 Å². The van der Waals surface area contributed by atoms with Gasteiger partial charge in [0.2, 0.25) is 0 Å². The fourth-order valence-corrected chi connectivity index (χ4v) is 1.74. The minimum atomic E-state index is -0.502. The van der Waals surface area contributed by atoms with E-state index in [1.807, 2.05) is 0 Å². The lowest BCUT2D eigenvalue weighted by molar-refractivity contribution is 0.0596. The van der Waals surface area contributed by atoms with Crippen LogP contribution in [0.25, 0.3) is 0 Å².